The topological polar surface area (TPSA) is 191 Å². The summed E-state index contributed by atoms with van der Waals surface area (Å²) in [7, 11) is 0. The van der Waals surface area contributed by atoms with Crippen LogP contribution in [-0.2, 0) is 32.0 Å². The minimum Gasteiger partial charge on any atom is -0.508 e. The van der Waals surface area contributed by atoms with Crippen LogP contribution in [0.25, 0.3) is 0 Å². The third-order valence-electron chi connectivity index (χ3n) is 5.26. The fourth-order valence-corrected chi connectivity index (χ4v) is 3.49. The molecule has 0 spiro atoms. The predicted molar refractivity (Wildman–Crippen MR) is 134 cm³/mol. The van der Waals surface area contributed by atoms with Crippen LogP contribution in [0.4, 0.5) is 0 Å². The number of aliphatic hydroxyl groups excluding tert-OH is 1. The standard InChI is InChI=1S/C24H30N4O7S/c25-17(10-15-6-8-16(30)9-7-15)21(31)27-19(12-29)23(33)26-18(11-14-4-2-1-3-5-14)22(32)28-20(13-36)24(34)35/h1-9,17-20,29-30,36H,10-13,25H2,(H,26,33)(H,27,31)(H,28,32)(H,34,35). The molecule has 8 N–H and O–H groups in total. The Bertz CT molecular complexity index is 1040. The van der Waals surface area contributed by atoms with Crippen molar-refractivity contribution in [2.75, 3.05) is 12.4 Å². The van der Waals surface area contributed by atoms with Gasteiger partial charge in [-0.2, -0.15) is 12.6 Å². The Kier molecular flexibility index (Phi) is 11.2. The summed E-state index contributed by atoms with van der Waals surface area (Å²) in [5, 5.41) is 35.4. The third-order valence-corrected chi connectivity index (χ3v) is 5.62. The monoisotopic (exact) mass is 518 g/mol. The molecule has 2 aromatic carbocycles. The number of hydrogen-bond donors (Lipinski definition) is 8. The number of phenols is 1. The van der Waals surface area contributed by atoms with E-state index in [1.54, 1.807) is 42.5 Å². The van der Waals surface area contributed by atoms with Crippen molar-refractivity contribution >= 4 is 36.3 Å². The first-order chi connectivity index (χ1) is 17.1. The Morgan fingerprint density at radius 3 is 1.86 bits per heavy atom. The fourth-order valence-electron chi connectivity index (χ4n) is 3.24. The second-order valence-electron chi connectivity index (χ2n) is 8.05. The number of aliphatic hydroxyl groups is 1. The zero-order chi connectivity index (χ0) is 26.7. The average molecular weight is 519 g/mol. The lowest BCUT2D eigenvalue weighted by atomic mass is 10.0. The largest absolute Gasteiger partial charge is 0.508 e. The SMILES string of the molecule is NC(Cc1ccc(O)cc1)C(=O)NC(CO)C(=O)NC(Cc1ccccc1)C(=O)NC(CS)C(=O)O. The van der Waals surface area contributed by atoms with Gasteiger partial charge in [0, 0.05) is 12.2 Å². The van der Waals surface area contributed by atoms with E-state index in [0.29, 0.717) is 11.1 Å². The van der Waals surface area contributed by atoms with Crippen LogP contribution >= 0.6 is 12.6 Å². The van der Waals surface area contributed by atoms with Crippen LogP contribution in [-0.4, -0.2) is 75.5 Å². The number of aliphatic carboxylic acids is 1. The molecule has 0 aromatic heterocycles. The molecule has 0 aliphatic heterocycles. The number of carbonyl (C=O) groups is 4. The summed E-state index contributed by atoms with van der Waals surface area (Å²) in [5.41, 5.74) is 7.29. The van der Waals surface area contributed by atoms with Gasteiger partial charge in [-0.1, -0.05) is 42.5 Å². The first-order valence-corrected chi connectivity index (χ1v) is 11.7. The Morgan fingerprint density at radius 1 is 0.778 bits per heavy atom. The molecule has 194 valence electrons. The number of carboxylic acid groups (broad SMARTS) is 1. The number of benzene rings is 2. The summed E-state index contributed by atoms with van der Waals surface area (Å²) in [6.07, 6.45) is 0.148. The number of carbonyl (C=O) groups excluding carboxylic acids is 3. The zero-order valence-corrected chi connectivity index (χ0v) is 20.2. The molecule has 0 aliphatic rings. The molecule has 36 heavy (non-hydrogen) atoms. The summed E-state index contributed by atoms with van der Waals surface area (Å²) in [4.78, 5) is 49.5. The molecule has 0 aliphatic carbocycles. The number of thiol groups is 1. The number of nitrogens with one attached hydrogen (secondary N) is 3. The van der Waals surface area contributed by atoms with E-state index in [-0.39, 0.29) is 24.3 Å². The summed E-state index contributed by atoms with van der Waals surface area (Å²) in [6.45, 7) is -0.766. The van der Waals surface area contributed by atoms with Crippen molar-refractivity contribution in [3.05, 3.63) is 65.7 Å². The minimum atomic E-state index is -1.41. The van der Waals surface area contributed by atoms with E-state index in [2.05, 4.69) is 28.6 Å². The number of aromatic hydroxyl groups is 1. The quantitative estimate of drug-likeness (QED) is 0.154. The molecule has 11 nitrogen and oxygen atoms in total. The van der Waals surface area contributed by atoms with Crippen LogP contribution in [0, 0.1) is 0 Å². The smallest absolute Gasteiger partial charge is 0.327 e. The average Bonchev–Trinajstić information content (AvgIpc) is 2.86. The first-order valence-electron chi connectivity index (χ1n) is 11.1. The van der Waals surface area contributed by atoms with Gasteiger partial charge in [0.1, 0.15) is 23.9 Å². The number of carboxylic acids is 1. The summed E-state index contributed by atoms with van der Waals surface area (Å²) in [6, 6.07) is 9.88. The van der Waals surface area contributed by atoms with Gasteiger partial charge in [-0.05, 0) is 29.7 Å². The van der Waals surface area contributed by atoms with E-state index in [4.69, 9.17) is 5.73 Å². The summed E-state index contributed by atoms with van der Waals surface area (Å²) in [5.74, 6) is -3.71. The lowest BCUT2D eigenvalue weighted by Gasteiger charge is -2.24. The molecular weight excluding hydrogens is 488 g/mol. The summed E-state index contributed by atoms with van der Waals surface area (Å²) >= 11 is 3.92. The van der Waals surface area contributed by atoms with Crippen LogP contribution in [0.3, 0.4) is 0 Å². The van der Waals surface area contributed by atoms with Crippen LogP contribution in [0.2, 0.25) is 0 Å². The van der Waals surface area contributed by atoms with Crippen molar-refractivity contribution < 1.29 is 34.5 Å². The number of hydrogen-bond acceptors (Lipinski definition) is 8. The highest BCUT2D eigenvalue weighted by molar-refractivity contribution is 7.80. The van der Waals surface area contributed by atoms with E-state index in [1.165, 1.54) is 12.1 Å². The molecule has 0 saturated heterocycles. The van der Waals surface area contributed by atoms with Gasteiger partial charge >= 0.3 is 5.97 Å². The molecule has 0 fully saturated rings. The molecule has 0 saturated carbocycles. The van der Waals surface area contributed by atoms with Gasteiger partial charge in [0.25, 0.3) is 0 Å². The van der Waals surface area contributed by atoms with E-state index >= 15 is 0 Å². The predicted octanol–water partition coefficient (Wildman–Crippen LogP) is -1.03. The second kappa shape index (κ2) is 14.1. The molecule has 4 atom stereocenters. The highest BCUT2D eigenvalue weighted by atomic mass is 32.1. The van der Waals surface area contributed by atoms with E-state index in [9.17, 15) is 34.5 Å². The number of nitrogens with two attached hydrogens (primary N) is 1. The minimum absolute atomic E-state index is 0.0315. The van der Waals surface area contributed by atoms with Gasteiger partial charge in [-0.25, -0.2) is 4.79 Å². The molecule has 2 rings (SSSR count). The second-order valence-corrected chi connectivity index (χ2v) is 8.42. The molecular formula is C24H30N4O7S. The molecule has 2 aromatic rings. The molecule has 0 radical (unpaired) electrons. The van der Waals surface area contributed by atoms with Gasteiger partial charge < -0.3 is 37.0 Å². The number of amides is 3. The third kappa shape index (κ3) is 8.87. The molecule has 12 heteroatoms. The zero-order valence-electron chi connectivity index (χ0n) is 19.3. The Hall–Kier alpha value is -3.61. The lowest BCUT2D eigenvalue weighted by molar-refractivity contribution is -0.141. The molecule has 0 bridgehead atoms. The van der Waals surface area contributed by atoms with Crippen molar-refractivity contribution in [2.24, 2.45) is 5.73 Å². The number of phenolic OH excluding ortho intramolecular Hbond substituents is 1. The van der Waals surface area contributed by atoms with Gasteiger partial charge in [0.15, 0.2) is 0 Å². The molecule has 4 unspecified atom stereocenters. The van der Waals surface area contributed by atoms with Gasteiger partial charge in [-0.3, -0.25) is 14.4 Å². The van der Waals surface area contributed by atoms with Crippen molar-refractivity contribution in [1.82, 2.24) is 16.0 Å². The number of rotatable bonds is 13. The van der Waals surface area contributed by atoms with Crippen molar-refractivity contribution in [2.45, 2.75) is 37.0 Å². The van der Waals surface area contributed by atoms with Crippen molar-refractivity contribution in [1.29, 1.82) is 0 Å². The highest BCUT2D eigenvalue weighted by Crippen LogP contribution is 2.11. The van der Waals surface area contributed by atoms with Crippen molar-refractivity contribution in [3.8, 4) is 5.75 Å². The van der Waals surface area contributed by atoms with Crippen molar-refractivity contribution in [3.63, 3.8) is 0 Å². The fraction of sp³-hybridized carbons (Fsp3) is 0.333. The Morgan fingerprint density at radius 2 is 1.31 bits per heavy atom. The van der Waals surface area contributed by atoms with Crippen LogP contribution in [0.15, 0.2) is 54.6 Å². The van der Waals surface area contributed by atoms with E-state index in [0.717, 1.165) is 0 Å². The Labute approximate surface area is 213 Å². The van der Waals surface area contributed by atoms with Crippen LogP contribution < -0.4 is 21.7 Å². The van der Waals surface area contributed by atoms with Crippen LogP contribution in [0.5, 0.6) is 5.75 Å². The lowest BCUT2D eigenvalue weighted by Crippen LogP contribution is -2.58. The maximum atomic E-state index is 12.9. The first kappa shape index (κ1) is 28.6. The summed E-state index contributed by atoms with van der Waals surface area (Å²) < 4.78 is 0. The maximum Gasteiger partial charge on any atom is 0.327 e. The molecule has 0 heterocycles. The maximum absolute atomic E-state index is 12.9. The highest BCUT2D eigenvalue weighted by Gasteiger charge is 2.30. The molecule has 3 amide bonds. The van der Waals surface area contributed by atoms with Gasteiger partial charge in [0.2, 0.25) is 17.7 Å². The Balaban J connectivity index is 2.08. The van der Waals surface area contributed by atoms with Gasteiger partial charge in [0.05, 0.1) is 12.6 Å². The normalized spacial score (nSPS) is 14.1. The van der Waals surface area contributed by atoms with Gasteiger partial charge in [-0.15, -0.1) is 0 Å². The van der Waals surface area contributed by atoms with Crippen LogP contribution in [0.1, 0.15) is 11.1 Å². The van der Waals surface area contributed by atoms with E-state index < -0.39 is 54.5 Å². The van der Waals surface area contributed by atoms with E-state index in [1.807, 2.05) is 0 Å².